The van der Waals surface area contributed by atoms with Gasteiger partial charge in [-0.1, -0.05) is 219 Å². The molecule has 0 aromatic carbocycles. The molecule has 89 heavy (non-hydrogen) atoms. The fourth-order valence-corrected chi connectivity index (χ4v) is 13.5. The lowest BCUT2D eigenvalue weighted by molar-refractivity contribution is -0.342. The first kappa shape index (κ1) is 82.2. The molecule has 16 N–H and O–H groups in total. The number of ether oxygens (including phenoxy) is 2. The first-order valence-corrected chi connectivity index (χ1v) is 36.3. The zero-order chi connectivity index (χ0) is 66.1. The van der Waals surface area contributed by atoms with Crippen LogP contribution >= 0.6 is 15.6 Å². The van der Waals surface area contributed by atoms with Crippen molar-refractivity contribution >= 4 is 21.6 Å². The van der Waals surface area contributed by atoms with Crippen molar-refractivity contribution < 1.29 is 128 Å². The van der Waals surface area contributed by atoms with E-state index >= 15 is 0 Å². The molecule has 1 heterocycles. The molecule has 3 rings (SSSR count). The van der Waals surface area contributed by atoms with Crippen LogP contribution in [-0.4, -0.2) is 224 Å². The molecule has 2 saturated carbocycles. The molecule has 0 bridgehead atoms. The van der Waals surface area contributed by atoms with Gasteiger partial charge in [0, 0.05) is 0 Å². The van der Waals surface area contributed by atoms with Crippen molar-refractivity contribution in [2.45, 2.75) is 360 Å². The molecule has 23 atom stereocenters. The molecule has 0 spiro atoms. The number of phosphoric acid groups is 2. The number of hydrogen-bond donors (Lipinski definition) is 16. The fraction of sp³-hybridized carbons (Fsp3) is 0.983. The maximum absolute atomic E-state index is 13.7. The quantitative estimate of drug-likeness (QED) is 0.0306. The summed E-state index contributed by atoms with van der Waals surface area (Å²) in [6, 6.07) is -1.73. The summed E-state index contributed by atoms with van der Waals surface area (Å²) >= 11 is 0. The second-order valence-corrected chi connectivity index (χ2v) is 27.8. The maximum Gasteiger partial charge on any atom is 0.268 e. The highest BCUT2D eigenvalue weighted by Gasteiger charge is 2.55. The number of amides is 1. The van der Waals surface area contributed by atoms with Crippen molar-refractivity contribution in [1.82, 2.24) is 5.32 Å². The van der Waals surface area contributed by atoms with Crippen molar-refractivity contribution in [1.29, 1.82) is 0 Å². The molecule has 27 nitrogen and oxygen atoms in total. The van der Waals surface area contributed by atoms with Gasteiger partial charge in [-0.2, -0.15) is 0 Å². The number of phosphoric ester groups is 2. The minimum atomic E-state index is -5.94. The Balaban J connectivity index is 1.61. The maximum atomic E-state index is 13.7. The lowest BCUT2D eigenvalue weighted by atomic mass is 9.84. The summed E-state index contributed by atoms with van der Waals surface area (Å²) in [7, 11) is -11.7. The molecule has 2 aliphatic carbocycles. The van der Waals surface area contributed by atoms with Crippen LogP contribution in [0.1, 0.15) is 232 Å². The number of carbonyl (C=O) groups excluding carboxylic acids is 1. The van der Waals surface area contributed by atoms with E-state index in [1.807, 2.05) is 0 Å². The molecule has 0 aromatic heterocycles. The molecular formula is C60H115NO26P2-2. The summed E-state index contributed by atoms with van der Waals surface area (Å²) in [5.41, 5.74) is 0. The van der Waals surface area contributed by atoms with Crippen molar-refractivity contribution in [3.63, 3.8) is 0 Å². The summed E-state index contributed by atoms with van der Waals surface area (Å²) in [5, 5.41) is 162. The van der Waals surface area contributed by atoms with Crippen molar-refractivity contribution in [3.8, 4) is 0 Å². The van der Waals surface area contributed by atoms with Gasteiger partial charge >= 0.3 is 0 Å². The van der Waals surface area contributed by atoms with E-state index in [2.05, 4.69) is 28.2 Å². The second-order valence-electron chi connectivity index (χ2n) is 25.0. The molecule has 3 fully saturated rings. The Kier molecular flexibility index (Phi) is 41.3. The van der Waals surface area contributed by atoms with Gasteiger partial charge in [0.15, 0.2) is 6.29 Å². The normalized spacial score (nSPS) is 32.0. The summed E-state index contributed by atoms with van der Waals surface area (Å²) in [4.78, 5) is 40.0. The monoisotopic (exact) mass is 1330 g/mol. The van der Waals surface area contributed by atoms with Crippen LogP contribution in [-0.2, 0) is 41.5 Å². The predicted octanol–water partition coefficient (Wildman–Crippen LogP) is 2.07. The molecule has 5 unspecified atom stereocenters. The average molecular weight is 1330 g/mol. The number of nitrogens with one attached hydrogen (secondary N) is 1. The van der Waals surface area contributed by atoms with Crippen LogP contribution in [0.5, 0.6) is 0 Å². The van der Waals surface area contributed by atoms with Gasteiger partial charge in [0.05, 0.1) is 25.4 Å². The second kappa shape index (κ2) is 44.7. The summed E-state index contributed by atoms with van der Waals surface area (Å²) in [6.07, 6.45) is -8.49. The van der Waals surface area contributed by atoms with Gasteiger partial charge in [-0.05, 0) is 12.8 Å². The third-order valence-corrected chi connectivity index (χ3v) is 19.4. The SMILES string of the molecule is CCCCCCCCCCCCCCCCCCCCCC[C@H](O)C(=O)N[C@@H](COP(=O)([O-])O[C@@H]1[C@H](O)[C@H](O)[C@@H](O)[C@H](O)[C@H]1OC1O[C@H](COP(=O)([O-])OC2[C@H](O)[C@H](O)C(O)[C@H](O)[C@H]2O)[C@@H](O)[C@H](O)[C@@H]1O)[C@H](O)[C@H](O)CCCCCCCCCCCCCC. The fourth-order valence-electron chi connectivity index (χ4n) is 11.7. The zero-order valence-electron chi connectivity index (χ0n) is 52.7. The molecule has 0 aromatic rings. The van der Waals surface area contributed by atoms with Gasteiger partial charge in [-0.3, -0.25) is 13.9 Å². The number of unbranched alkanes of at least 4 members (excludes halogenated alkanes) is 30. The van der Waals surface area contributed by atoms with E-state index in [1.54, 1.807) is 0 Å². The number of carbonyl (C=O) groups is 1. The number of hydrogen-bond acceptors (Lipinski definition) is 26. The molecule has 1 saturated heterocycles. The highest BCUT2D eigenvalue weighted by molar-refractivity contribution is 7.46. The minimum Gasteiger partial charge on any atom is -0.756 e. The van der Waals surface area contributed by atoms with Gasteiger partial charge < -0.3 is 119 Å². The van der Waals surface area contributed by atoms with E-state index in [0.717, 1.165) is 64.2 Å². The molecule has 29 heteroatoms. The topological polar surface area (TPSA) is 468 Å². The largest absolute Gasteiger partial charge is 0.756 e. The Morgan fingerprint density at radius 2 is 0.753 bits per heavy atom. The van der Waals surface area contributed by atoms with Crippen LogP contribution in [0.2, 0.25) is 0 Å². The Morgan fingerprint density at radius 3 is 1.17 bits per heavy atom. The smallest absolute Gasteiger partial charge is 0.268 e. The van der Waals surface area contributed by atoms with Gasteiger partial charge in [0.1, 0.15) is 110 Å². The van der Waals surface area contributed by atoms with Crippen LogP contribution in [0.25, 0.3) is 0 Å². The average Bonchev–Trinajstić information content (AvgIpc) is 3.39. The number of rotatable bonds is 50. The third kappa shape index (κ3) is 29.9. The molecule has 0 radical (unpaired) electrons. The third-order valence-electron chi connectivity index (χ3n) is 17.5. The standard InChI is InChI=1S/C60H117NO26P2/c1-3-5-7-9-11-13-15-17-18-19-20-21-22-23-24-26-28-30-32-34-36-41(63)59(77)61-39(43(64)40(62)35-33-31-29-27-25-16-14-12-10-8-6-4-2)37-82-88(78,79)87-58-54(75)50(71)49(70)53(74)57(58)85-60-55(76)45(66)44(65)42(84-60)38-83-89(80,81)86-56-51(72)47(68)46(67)48(69)52(56)73/h39-58,60,62-76H,3-38H2,1-2H3,(H,61,77)(H,78,79)(H,80,81)/p-2/t39-,40+,41-,42+,43-,44+,45-,46?,47-,48+,49+,50+,51+,52+,53-,54+,55-,56?,57+,58+,60?/m0/s1. The van der Waals surface area contributed by atoms with Gasteiger partial charge in [0.2, 0.25) is 5.91 Å². The summed E-state index contributed by atoms with van der Waals surface area (Å²) in [5.74, 6) is -1.01. The van der Waals surface area contributed by atoms with Crippen LogP contribution < -0.4 is 15.1 Å². The molecule has 3 aliphatic rings. The van der Waals surface area contributed by atoms with Crippen LogP contribution in [0.4, 0.5) is 0 Å². The minimum absolute atomic E-state index is 0.0218. The lowest BCUT2D eigenvalue weighted by Gasteiger charge is -2.48. The highest BCUT2D eigenvalue weighted by atomic mass is 31.2. The van der Waals surface area contributed by atoms with E-state index in [9.17, 15) is 100 Å². The van der Waals surface area contributed by atoms with E-state index in [4.69, 9.17) is 18.5 Å². The number of aliphatic hydroxyl groups excluding tert-OH is 15. The van der Waals surface area contributed by atoms with Crippen LogP contribution in [0, 0.1) is 0 Å². The van der Waals surface area contributed by atoms with Gasteiger partial charge in [-0.15, -0.1) is 0 Å². The first-order chi connectivity index (χ1) is 42.3. The highest BCUT2D eigenvalue weighted by Crippen LogP contribution is 2.46. The molecule has 1 amide bonds. The molecule has 1 aliphatic heterocycles. The van der Waals surface area contributed by atoms with E-state index in [1.165, 1.54) is 122 Å². The van der Waals surface area contributed by atoms with Gasteiger partial charge in [-0.25, -0.2) is 0 Å². The van der Waals surface area contributed by atoms with Crippen molar-refractivity contribution in [3.05, 3.63) is 0 Å². The lowest BCUT2D eigenvalue weighted by Crippen LogP contribution is -2.67. The van der Waals surface area contributed by atoms with Crippen LogP contribution in [0.3, 0.4) is 0 Å². The Labute approximate surface area is 526 Å². The van der Waals surface area contributed by atoms with Crippen molar-refractivity contribution in [2.75, 3.05) is 13.2 Å². The van der Waals surface area contributed by atoms with Crippen LogP contribution in [0.15, 0.2) is 0 Å². The predicted molar refractivity (Wildman–Crippen MR) is 321 cm³/mol. The van der Waals surface area contributed by atoms with E-state index < -0.39 is 163 Å². The van der Waals surface area contributed by atoms with E-state index in [0.29, 0.717) is 19.3 Å². The summed E-state index contributed by atoms with van der Waals surface area (Å²) < 4.78 is 56.9. The Morgan fingerprint density at radius 1 is 0.427 bits per heavy atom. The number of aliphatic hydroxyl groups is 15. The Bertz CT molecular complexity index is 1930. The summed E-state index contributed by atoms with van der Waals surface area (Å²) in [6.45, 7) is 1.91. The zero-order valence-corrected chi connectivity index (χ0v) is 54.5. The molecule has 528 valence electrons. The first-order valence-electron chi connectivity index (χ1n) is 33.4. The van der Waals surface area contributed by atoms with Crippen molar-refractivity contribution in [2.24, 2.45) is 0 Å². The van der Waals surface area contributed by atoms with E-state index in [-0.39, 0.29) is 12.8 Å². The molecular weight excluding hydrogens is 1210 g/mol. The Hall–Kier alpha value is -0.990. The van der Waals surface area contributed by atoms with Gasteiger partial charge in [0.25, 0.3) is 15.6 Å².